The summed E-state index contributed by atoms with van der Waals surface area (Å²) in [6.45, 7) is 3.71. The smallest absolute Gasteiger partial charge is 0.266 e. The van der Waals surface area contributed by atoms with Crippen LogP contribution in [0.3, 0.4) is 0 Å². The molecule has 9 heteroatoms. The van der Waals surface area contributed by atoms with E-state index in [4.69, 9.17) is 5.10 Å². The molecule has 0 atom stereocenters. The Kier molecular flexibility index (Phi) is 5.20. The van der Waals surface area contributed by atoms with Gasteiger partial charge >= 0.3 is 0 Å². The average molecular weight is 409 g/mol. The van der Waals surface area contributed by atoms with Crippen molar-refractivity contribution < 1.29 is 0 Å². The summed E-state index contributed by atoms with van der Waals surface area (Å²) < 4.78 is 5.25. The molecule has 5 rings (SSSR count). The molecule has 0 unspecified atom stereocenters. The molecular weight excluding hydrogens is 380 g/mol. The Labute approximate surface area is 175 Å². The molecule has 0 bridgehead atoms. The molecule has 1 aliphatic heterocycles. The summed E-state index contributed by atoms with van der Waals surface area (Å²) >= 11 is 0. The largest absolute Gasteiger partial charge is 0.297 e. The van der Waals surface area contributed by atoms with E-state index in [2.05, 4.69) is 31.8 Å². The van der Waals surface area contributed by atoms with Crippen LogP contribution >= 0.6 is 0 Å². The number of likely N-dealkylation sites (tertiary alicyclic amines) is 1. The molecule has 3 aromatic heterocycles. The fourth-order valence-corrected chi connectivity index (χ4v) is 4.75. The summed E-state index contributed by atoms with van der Waals surface area (Å²) in [5, 5.41) is 13.3. The van der Waals surface area contributed by atoms with Crippen molar-refractivity contribution in [2.45, 2.75) is 51.6 Å². The second-order valence-corrected chi connectivity index (χ2v) is 8.47. The van der Waals surface area contributed by atoms with Gasteiger partial charge in [0, 0.05) is 26.2 Å². The fourth-order valence-electron chi connectivity index (χ4n) is 4.75. The van der Waals surface area contributed by atoms with E-state index in [1.807, 2.05) is 0 Å². The molecule has 4 heterocycles. The number of nitrogens with zero attached hydrogens (tertiary/aromatic N) is 8. The van der Waals surface area contributed by atoms with E-state index in [1.165, 1.54) is 42.5 Å². The predicted molar refractivity (Wildman–Crippen MR) is 111 cm³/mol. The van der Waals surface area contributed by atoms with Crippen LogP contribution in [0.1, 0.15) is 42.6 Å². The molecule has 1 aliphatic carbocycles. The van der Waals surface area contributed by atoms with Crippen LogP contribution in [0.25, 0.3) is 5.82 Å². The number of aromatic nitrogens is 7. The highest BCUT2D eigenvalue weighted by atomic mass is 16.1. The second-order valence-electron chi connectivity index (χ2n) is 8.47. The lowest BCUT2D eigenvalue weighted by Crippen LogP contribution is -2.37. The summed E-state index contributed by atoms with van der Waals surface area (Å²) in [6.07, 6.45) is 10.0. The molecule has 0 N–H and O–H groups in total. The summed E-state index contributed by atoms with van der Waals surface area (Å²) in [6, 6.07) is 3.25. The zero-order chi connectivity index (χ0) is 20.5. The predicted octanol–water partition coefficient (Wildman–Crippen LogP) is 1.35. The Morgan fingerprint density at radius 2 is 1.93 bits per heavy atom. The Morgan fingerprint density at radius 3 is 2.73 bits per heavy atom. The average Bonchev–Trinajstić information content (AvgIpc) is 3.40. The maximum atomic E-state index is 12.3. The normalized spacial score (nSPS) is 17.9. The van der Waals surface area contributed by atoms with Gasteiger partial charge in [0.05, 0.1) is 11.4 Å². The third kappa shape index (κ3) is 3.81. The molecule has 0 amide bonds. The lowest BCUT2D eigenvalue weighted by atomic mass is 9.94. The minimum Gasteiger partial charge on any atom is -0.297 e. The van der Waals surface area contributed by atoms with Crippen molar-refractivity contribution in [2.24, 2.45) is 13.0 Å². The molecule has 158 valence electrons. The van der Waals surface area contributed by atoms with Gasteiger partial charge in [-0.1, -0.05) is 0 Å². The van der Waals surface area contributed by atoms with E-state index in [-0.39, 0.29) is 5.56 Å². The third-order valence-electron chi connectivity index (χ3n) is 6.47. The molecule has 0 aromatic carbocycles. The highest BCUT2D eigenvalue weighted by Gasteiger charge is 2.24. The lowest BCUT2D eigenvalue weighted by Gasteiger charge is -2.32. The van der Waals surface area contributed by atoms with Crippen molar-refractivity contribution in [3.8, 4) is 5.82 Å². The summed E-state index contributed by atoms with van der Waals surface area (Å²) in [7, 11) is 2.08. The SMILES string of the molecule is Cn1nc2c(c1CN1CCC(Cn3nc(-n4cncn4)ccc3=O)CC1)CCCC2. The Morgan fingerprint density at radius 1 is 1.10 bits per heavy atom. The molecule has 0 radical (unpaired) electrons. The van der Waals surface area contributed by atoms with Crippen molar-refractivity contribution in [2.75, 3.05) is 13.1 Å². The van der Waals surface area contributed by atoms with Gasteiger partial charge < -0.3 is 0 Å². The first-order chi connectivity index (χ1) is 14.7. The van der Waals surface area contributed by atoms with Gasteiger partial charge in [0.25, 0.3) is 5.56 Å². The summed E-state index contributed by atoms with van der Waals surface area (Å²) in [5.74, 6) is 1.07. The number of piperidine rings is 1. The van der Waals surface area contributed by atoms with Gasteiger partial charge in [-0.2, -0.15) is 10.2 Å². The molecular formula is C21H28N8O. The van der Waals surface area contributed by atoms with Gasteiger partial charge in [0.2, 0.25) is 0 Å². The number of fused-ring (bicyclic) bond motifs is 1. The van der Waals surface area contributed by atoms with Crippen LogP contribution in [0.2, 0.25) is 0 Å². The monoisotopic (exact) mass is 408 g/mol. The van der Waals surface area contributed by atoms with E-state index < -0.39 is 0 Å². The molecule has 3 aromatic rings. The van der Waals surface area contributed by atoms with E-state index >= 15 is 0 Å². The van der Waals surface area contributed by atoms with Crippen LogP contribution in [0, 0.1) is 5.92 Å². The van der Waals surface area contributed by atoms with Gasteiger partial charge in [-0.3, -0.25) is 14.4 Å². The van der Waals surface area contributed by atoms with E-state index in [1.54, 1.807) is 27.8 Å². The summed E-state index contributed by atoms with van der Waals surface area (Å²) in [4.78, 5) is 18.8. The fraction of sp³-hybridized carbons (Fsp3) is 0.571. The van der Waals surface area contributed by atoms with Crippen molar-refractivity contribution in [1.82, 2.24) is 39.2 Å². The van der Waals surface area contributed by atoms with Crippen LogP contribution in [0.15, 0.2) is 29.6 Å². The van der Waals surface area contributed by atoms with Crippen LogP contribution in [-0.2, 0) is 33.0 Å². The quantitative estimate of drug-likeness (QED) is 0.633. The van der Waals surface area contributed by atoms with Crippen molar-refractivity contribution >= 4 is 0 Å². The molecule has 0 spiro atoms. The molecule has 30 heavy (non-hydrogen) atoms. The van der Waals surface area contributed by atoms with Gasteiger partial charge in [0.1, 0.15) is 12.7 Å². The number of hydrogen-bond donors (Lipinski definition) is 0. The first kappa shape index (κ1) is 19.2. The van der Waals surface area contributed by atoms with Crippen LogP contribution < -0.4 is 5.56 Å². The maximum Gasteiger partial charge on any atom is 0.266 e. The van der Waals surface area contributed by atoms with Crippen LogP contribution in [0.5, 0.6) is 0 Å². The maximum absolute atomic E-state index is 12.3. The zero-order valence-corrected chi connectivity index (χ0v) is 17.4. The van der Waals surface area contributed by atoms with Crippen LogP contribution in [0.4, 0.5) is 0 Å². The Hall–Kier alpha value is -2.81. The highest BCUT2D eigenvalue weighted by molar-refractivity contribution is 5.28. The van der Waals surface area contributed by atoms with Crippen molar-refractivity contribution in [1.29, 1.82) is 0 Å². The van der Waals surface area contributed by atoms with E-state index in [0.717, 1.165) is 38.9 Å². The minimum atomic E-state index is -0.0668. The van der Waals surface area contributed by atoms with Gasteiger partial charge in [-0.05, 0) is 69.2 Å². The first-order valence-electron chi connectivity index (χ1n) is 10.9. The summed E-state index contributed by atoms with van der Waals surface area (Å²) in [5.41, 5.74) is 4.13. The molecule has 0 saturated carbocycles. The first-order valence-corrected chi connectivity index (χ1v) is 10.9. The molecule has 1 fully saturated rings. The van der Waals surface area contributed by atoms with E-state index in [0.29, 0.717) is 18.3 Å². The molecule has 2 aliphatic rings. The second kappa shape index (κ2) is 8.14. The number of rotatable bonds is 5. The Balaban J connectivity index is 1.22. The van der Waals surface area contributed by atoms with Gasteiger partial charge in [-0.15, -0.1) is 5.10 Å². The van der Waals surface area contributed by atoms with Gasteiger partial charge in [0.15, 0.2) is 5.82 Å². The zero-order valence-electron chi connectivity index (χ0n) is 17.4. The van der Waals surface area contributed by atoms with E-state index in [9.17, 15) is 4.79 Å². The topological polar surface area (TPSA) is 86.7 Å². The Bertz CT molecular complexity index is 1060. The van der Waals surface area contributed by atoms with Crippen LogP contribution in [-0.4, -0.2) is 52.3 Å². The minimum absolute atomic E-state index is 0.0668. The molecule has 9 nitrogen and oxygen atoms in total. The molecule has 1 saturated heterocycles. The standard InChI is InChI=1S/C21H28N8O/c1-26-19(17-4-2-3-5-18(17)24-26)13-27-10-8-16(9-11-27)12-28-21(30)7-6-20(25-28)29-15-22-14-23-29/h6-7,14-16H,2-5,8-13H2,1H3. The van der Waals surface area contributed by atoms with Gasteiger partial charge in [-0.25, -0.2) is 14.3 Å². The van der Waals surface area contributed by atoms with Crippen molar-refractivity contribution in [3.63, 3.8) is 0 Å². The third-order valence-corrected chi connectivity index (χ3v) is 6.47. The number of hydrogen-bond acceptors (Lipinski definition) is 6. The van der Waals surface area contributed by atoms with Crippen molar-refractivity contribution in [3.05, 3.63) is 52.1 Å². The lowest BCUT2D eigenvalue weighted by molar-refractivity contribution is 0.160. The number of aryl methyl sites for hydroxylation is 2. The highest BCUT2D eigenvalue weighted by Crippen LogP contribution is 2.26.